The number of hydrogen-bond acceptors (Lipinski definition) is 3. The Balaban J connectivity index is 2.26. The molecule has 1 heterocycles. The number of ketones is 1. The van der Waals surface area contributed by atoms with Crippen LogP contribution in [-0.4, -0.2) is 16.9 Å². The Morgan fingerprint density at radius 2 is 1.83 bits per heavy atom. The van der Waals surface area contributed by atoms with E-state index in [2.05, 4.69) is 4.98 Å². The van der Waals surface area contributed by atoms with Crippen LogP contribution in [0.1, 0.15) is 29.8 Å². The van der Waals surface area contributed by atoms with Gasteiger partial charge in [-0.3, -0.25) is 9.78 Å². The van der Waals surface area contributed by atoms with Crippen molar-refractivity contribution >= 4 is 5.78 Å². The summed E-state index contributed by atoms with van der Waals surface area (Å²) >= 11 is 0. The Morgan fingerprint density at radius 1 is 1.11 bits per heavy atom. The second-order valence-corrected chi connectivity index (χ2v) is 4.26. The molecule has 0 aliphatic rings. The molecule has 2 aromatic rings. The molecule has 0 fully saturated rings. The summed E-state index contributed by atoms with van der Waals surface area (Å²) < 4.78 is 5.58. The second-order valence-electron chi connectivity index (χ2n) is 4.26. The van der Waals surface area contributed by atoms with Gasteiger partial charge in [0.2, 0.25) is 0 Å². The molecule has 0 spiro atoms. The van der Waals surface area contributed by atoms with Crippen LogP contribution in [0.4, 0.5) is 0 Å². The van der Waals surface area contributed by atoms with E-state index in [9.17, 15) is 4.79 Å². The van der Waals surface area contributed by atoms with Crippen LogP contribution >= 0.6 is 0 Å². The first-order chi connectivity index (χ1) is 8.66. The van der Waals surface area contributed by atoms with Crippen molar-refractivity contribution in [1.29, 1.82) is 0 Å². The van der Waals surface area contributed by atoms with Crippen LogP contribution in [0.15, 0.2) is 48.8 Å². The lowest BCUT2D eigenvalue weighted by Crippen LogP contribution is -2.07. The van der Waals surface area contributed by atoms with Gasteiger partial charge in [-0.15, -0.1) is 0 Å². The zero-order valence-electron chi connectivity index (χ0n) is 10.5. The number of carbonyl (C=O) groups is 1. The lowest BCUT2D eigenvalue weighted by atomic mass is 10.0. The van der Waals surface area contributed by atoms with E-state index in [1.165, 1.54) is 0 Å². The van der Waals surface area contributed by atoms with Crippen LogP contribution in [0.3, 0.4) is 0 Å². The molecule has 0 aliphatic heterocycles. The smallest absolute Gasteiger partial charge is 0.193 e. The Morgan fingerprint density at radius 3 is 2.50 bits per heavy atom. The molecular formula is C15H15NO2. The minimum absolute atomic E-state index is 0.0217. The molecule has 0 unspecified atom stereocenters. The van der Waals surface area contributed by atoms with Gasteiger partial charge in [0.1, 0.15) is 5.75 Å². The van der Waals surface area contributed by atoms with Gasteiger partial charge in [-0.05, 0) is 38.1 Å². The molecule has 0 bridgehead atoms. The molecule has 0 amide bonds. The highest BCUT2D eigenvalue weighted by Gasteiger charge is 2.09. The highest BCUT2D eigenvalue weighted by molar-refractivity contribution is 6.09. The Bertz CT molecular complexity index is 535. The number of rotatable bonds is 4. The predicted molar refractivity (Wildman–Crippen MR) is 69.9 cm³/mol. The summed E-state index contributed by atoms with van der Waals surface area (Å²) in [7, 11) is 0. The van der Waals surface area contributed by atoms with Gasteiger partial charge in [0.05, 0.1) is 6.10 Å². The van der Waals surface area contributed by atoms with E-state index < -0.39 is 0 Å². The normalized spacial score (nSPS) is 10.4. The van der Waals surface area contributed by atoms with Crippen LogP contribution in [0.2, 0.25) is 0 Å². The topological polar surface area (TPSA) is 39.2 Å². The van der Waals surface area contributed by atoms with Crippen molar-refractivity contribution in [3.05, 3.63) is 59.9 Å². The van der Waals surface area contributed by atoms with Crippen molar-refractivity contribution in [3.8, 4) is 5.75 Å². The SMILES string of the molecule is CC(C)Oc1cccc(C(=O)c2ccncc2)c1. The van der Waals surface area contributed by atoms with Crippen LogP contribution in [-0.2, 0) is 0 Å². The van der Waals surface area contributed by atoms with E-state index in [0.717, 1.165) is 0 Å². The van der Waals surface area contributed by atoms with Gasteiger partial charge in [0, 0.05) is 23.5 Å². The van der Waals surface area contributed by atoms with Crippen molar-refractivity contribution < 1.29 is 9.53 Å². The van der Waals surface area contributed by atoms with E-state index in [0.29, 0.717) is 16.9 Å². The molecule has 18 heavy (non-hydrogen) atoms. The number of nitrogens with zero attached hydrogens (tertiary/aromatic N) is 1. The molecule has 0 atom stereocenters. The third-order valence-electron chi connectivity index (χ3n) is 2.41. The maximum atomic E-state index is 12.2. The van der Waals surface area contributed by atoms with Gasteiger partial charge in [0.25, 0.3) is 0 Å². The summed E-state index contributed by atoms with van der Waals surface area (Å²) in [6.07, 6.45) is 3.32. The minimum atomic E-state index is -0.0217. The lowest BCUT2D eigenvalue weighted by Gasteiger charge is -2.10. The maximum absolute atomic E-state index is 12.2. The monoisotopic (exact) mass is 241 g/mol. The summed E-state index contributed by atoms with van der Waals surface area (Å²) in [4.78, 5) is 16.1. The van der Waals surface area contributed by atoms with Crippen LogP contribution < -0.4 is 4.74 Å². The molecule has 3 heteroatoms. The van der Waals surface area contributed by atoms with Gasteiger partial charge in [-0.2, -0.15) is 0 Å². The van der Waals surface area contributed by atoms with Gasteiger partial charge >= 0.3 is 0 Å². The Hall–Kier alpha value is -2.16. The summed E-state index contributed by atoms with van der Waals surface area (Å²) in [6, 6.07) is 10.6. The van der Waals surface area contributed by atoms with Crippen molar-refractivity contribution in [2.75, 3.05) is 0 Å². The maximum Gasteiger partial charge on any atom is 0.193 e. The van der Waals surface area contributed by atoms with Crippen molar-refractivity contribution in [3.63, 3.8) is 0 Å². The summed E-state index contributed by atoms with van der Waals surface area (Å²) in [5, 5.41) is 0. The van der Waals surface area contributed by atoms with Gasteiger partial charge in [-0.25, -0.2) is 0 Å². The largest absolute Gasteiger partial charge is 0.491 e. The Labute approximate surface area is 106 Å². The van der Waals surface area contributed by atoms with Crippen molar-refractivity contribution in [2.45, 2.75) is 20.0 Å². The van der Waals surface area contributed by atoms with Gasteiger partial charge in [-0.1, -0.05) is 12.1 Å². The molecule has 1 aromatic carbocycles. The molecule has 92 valence electrons. The molecule has 3 nitrogen and oxygen atoms in total. The lowest BCUT2D eigenvalue weighted by molar-refractivity contribution is 0.103. The van der Waals surface area contributed by atoms with Crippen molar-refractivity contribution in [1.82, 2.24) is 4.98 Å². The number of hydrogen-bond donors (Lipinski definition) is 0. The van der Waals surface area contributed by atoms with E-state index >= 15 is 0 Å². The van der Waals surface area contributed by atoms with Gasteiger partial charge in [0.15, 0.2) is 5.78 Å². The molecular weight excluding hydrogens is 226 g/mol. The first-order valence-electron chi connectivity index (χ1n) is 5.88. The summed E-state index contributed by atoms with van der Waals surface area (Å²) in [5.41, 5.74) is 1.26. The van der Waals surface area contributed by atoms with E-state index in [-0.39, 0.29) is 11.9 Å². The van der Waals surface area contributed by atoms with Crippen LogP contribution in [0.25, 0.3) is 0 Å². The van der Waals surface area contributed by atoms with Gasteiger partial charge < -0.3 is 4.74 Å². The predicted octanol–water partition coefficient (Wildman–Crippen LogP) is 3.10. The summed E-state index contributed by atoms with van der Waals surface area (Å²) in [5.74, 6) is 0.691. The molecule has 0 N–H and O–H groups in total. The Kier molecular flexibility index (Phi) is 3.72. The summed E-state index contributed by atoms with van der Waals surface area (Å²) in [6.45, 7) is 3.91. The average molecular weight is 241 g/mol. The van der Waals surface area contributed by atoms with E-state index in [4.69, 9.17) is 4.74 Å². The van der Waals surface area contributed by atoms with E-state index in [1.54, 1.807) is 36.7 Å². The molecule has 2 rings (SSSR count). The fourth-order valence-electron chi connectivity index (χ4n) is 1.65. The average Bonchev–Trinajstić information content (AvgIpc) is 2.38. The van der Waals surface area contributed by atoms with E-state index in [1.807, 2.05) is 26.0 Å². The first-order valence-corrected chi connectivity index (χ1v) is 5.88. The van der Waals surface area contributed by atoms with Crippen LogP contribution in [0.5, 0.6) is 5.75 Å². The fraction of sp³-hybridized carbons (Fsp3) is 0.200. The molecule has 0 saturated heterocycles. The number of carbonyl (C=O) groups excluding carboxylic acids is 1. The third kappa shape index (κ3) is 2.94. The highest BCUT2D eigenvalue weighted by atomic mass is 16.5. The quantitative estimate of drug-likeness (QED) is 0.772. The number of pyridine rings is 1. The zero-order chi connectivity index (χ0) is 13.0. The molecule has 0 aliphatic carbocycles. The van der Waals surface area contributed by atoms with Crippen LogP contribution in [0, 0.1) is 0 Å². The first kappa shape index (κ1) is 12.3. The number of benzene rings is 1. The number of aromatic nitrogens is 1. The molecule has 1 aromatic heterocycles. The minimum Gasteiger partial charge on any atom is -0.491 e. The third-order valence-corrected chi connectivity index (χ3v) is 2.41. The number of ether oxygens (including phenoxy) is 1. The highest BCUT2D eigenvalue weighted by Crippen LogP contribution is 2.17. The second kappa shape index (κ2) is 5.45. The fourth-order valence-corrected chi connectivity index (χ4v) is 1.65. The molecule has 0 saturated carbocycles. The zero-order valence-corrected chi connectivity index (χ0v) is 10.5. The molecule has 0 radical (unpaired) electrons. The standard InChI is InChI=1S/C15H15NO2/c1-11(2)18-14-5-3-4-13(10-14)15(17)12-6-8-16-9-7-12/h3-11H,1-2H3. The van der Waals surface area contributed by atoms with Crippen molar-refractivity contribution in [2.24, 2.45) is 0 Å².